The largest absolute Gasteiger partial charge is 0.573 e. The van der Waals surface area contributed by atoms with Crippen molar-refractivity contribution in [2.45, 2.75) is 68.9 Å². The summed E-state index contributed by atoms with van der Waals surface area (Å²) >= 11 is 0. The van der Waals surface area contributed by atoms with Crippen molar-refractivity contribution in [3.8, 4) is 0 Å². The van der Waals surface area contributed by atoms with Crippen molar-refractivity contribution in [1.82, 2.24) is 5.32 Å². The van der Waals surface area contributed by atoms with E-state index in [1.807, 2.05) is 18.2 Å². The Morgan fingerprint density at radius 2 is 1.87 bits per heavy atom. The van der Waals surface area contributed by atoms with Gasteiger partial charge in [-0.05, 0) is 35.6 Å². The number of benzene rings is 2. The molecule has 1 spiro atoms. The number of nitrogens with zero attached hydrogens (tertiary/aromatic N) is 2. The average molecular weight is 653 g/mol. The molecule has 7 atom stereocenters. The van der Waals surface area contributed by atoms with Crippen LogP contribution in [0, 0.1) is 21.4 Å². The van der Waals surface area contributed by atoms with Crippen LogP contribution in [0.1, 0.15) is 43.2 Å². The van der Waals surface area contributed by atoms with Crippen molar-refractivity contribution in [2.75, 3.05) is 20.1 Å². The van der Waals surface area contributed by atoms with Gasteiger partial charge in [0, 0.05) is 42.2 Å². The third kappa shape index (κ3) is 5.36. The fourth-order valence-corrected chi connectivity index (χ4v) is 9.21. The second kappa shape index (κ2) is 11.3. The fourth-order valence-electron chi connectivity index (χ4n) is 9.21. The molecular weight excluding hydrogens is 615 g/mol. The lowest BCUT2D eigenvalue weighted by Crippen LogP contribution is -2.69. The smallest absolute Gasteiger partial charge is 0.400 e. The van der Waals surface area contributed by atoms with E-state index < -0.39 is 40.2 Å². The molecule has 3 aliphatic carbocycles. The Morgan fingerprint density at radius 1 is 1.17 bits per heavy atom. The van der Waals surface area contributed by atoms with E-state index in [9.17, 15) is 33.2 Å². The molecule has 47 heavy (non-hydrogen) atoms. The lowest BCUT2D eigenvalue weighted by atomic mass is 9.49. The predicted octanol–water partition coefficient (Wildman–Crippen LogP) is 5.26. The van der Waals surface area contributed by atoms with Crippen molar-refractivity contribution in [3.63, 3.8) is 0 Å². The SMILES string of the molecule is C[N+]1(CCc2ccccc2)CC[C@@]23C4=C5C[C@@H]1[C@@H]2CCC[C@@H]3OC4C(O)(NC(=O)C(=Cc1ccccc1)OC(F)(F)F)C=C5[N+](=O)[O-]. The Labute approximate surface area is 270 Å². The zero-order chi connectivity index (χ0) is 33.2. The summed E-state index contributed by atoms with van der Waals surface area (Å²) in [5.74, 6) is -2.37. The van der Waals surface area contributed by atoms with Crippen molar-refractivity contribution in [2.24, 2.45) is 11.3 Å². The first-order chi connectivity index (χ1) is 22.3. The van der Waals surface area contributed by atoms with Gasteiger partial charge in [0.25, 0.3) is 11.6 Å². The minimum atomic E-state index is -5.21. The number of carbonyl (C=O) groups is 1. The number of halogens is 3. The highest BCUT2D eigenvalue weighted by molar-refractivity contribution is 5.96. The first kappa shape index (κ1) is 31.6. The standard InChI is InChI=1S/C35H36F3N3O6/c1-41(17-15-22-9-4-2-5-10-22)18-16-33-25-13-8-14-29(33)46-31-30(33)24(20-27(25)41)26(40(44)45)21-34(31,43)39-32(42)28(47-35(36,37)38)19-23-11-6-3-7-12-23/h2-7,9-12,19,21,25,27,29,31,43H,8,13-18,20H2,1H3/p+1/t25-,27+,29-,31?,33+,34?,41?/m0/s1. The molecule has 1 saturated carbocycles. The average Bonchev–Trinajstić information content (AvgIpc) is 3.38. The van der Waals surface area contributed by atoms with Crippen LogP contribution in [0.4, 0.5) is 13.2 Å². The Kier molecular flexibility index (Phi) is 7.60. The number of likely N-dealkylation sites (tertiary alicyclic amines) is 1. The van der Waals surface area contributed by atoms with Crippen LogP contribution < -0.4 is 5.32 Å². The molecule has 5 aliphatic rings. The fraction of sp³-hybridized carbons (Fsp3) is 0.457. The van der Waals surface area contributed by atoms with Gasteiger partial charge in [-0.2, -0.15) is 0 Å². The summed E-state index contributed by atoms with van der Waals surface area (Å²) in [6.07, 6.45) is -0.479. The van der Waals surface area contributed by atoms with Gasteiger partial charge < -0.3 is 24.4 Å². The number of hydrogen-bond acceptors (Lipinski definition) is 6. The first-order valence-electron chi connectivity index (χ1n) is 16.1. The third-order valence-corrected chi connectivity index (χ3v) is 11.2. The van der Waals surface area contributed by atoms with Gasteiger partial charge in [-0.25, -0.2) is 0 Å². The van der Waals surface area contributed by atoms with Crippen LogP contribution in [-0.2, 0) is 20.7 Å². The molecule has 12 heteroatoms. The maximum absolute atomic E-state index is 13.5. The molecule has 7 rings (SSSR count). The molecule has 2 aromatic carbocycles. The van der Waals surface area contributed by atoms with Crippen LogP contribution in [0.15, 0.2) is 89.3 Å². The number of piperidine rings is 1. The number of ether oxygens (including phenoxy) is 2. The number of rotatable bonds is 8. The molecular formula is C35H37F3N3O6+. The predicted molar refractivity (Wildman–Crippen MR) is 164 cm³/mol. The highest BCUT2D eigenvalue weighted by Gasteiger charge is 2.72. The monoisotopic (exact) mass is 652 g/mol. The molecule has 2 bridgehead atoms. The summed E-state index contributed by atoms with van der Waals surface area (Å²) in [5, 5.41) is 27.0. The molecule has 3 fully saturated rings. The topological polar surface area (TPSA) is 111 Å². The number of nitrogens with one attached hydrogen (secondary N) is 1. The molecule has 0 radical (unpaired) electrons. The molecule has 2 aromatic rings. The minimum Gasteiger partial charge on any atom is -0.400 e. The van der Waals surface area contributed by atoms with E-state index in [1.165, 1.54) is 17.7 Å². The van der Waals surface area contributed by atoms with E-state index in [4.69, 9.17) is 4.74 Å². The summed E-state index contributed by atoms with van der Waals surface area (Å²) in [6, 6.07) is 18.1. The molecule has 2 saturated heterocycles. The molecule has 0 aromatic heterocycles. The van der Waals surface area contributed by atoms with Crippen LogP contribution in [-0.4, -0.2) is 70.9 Å². The lowest BCUT2D eigenvalue weighted by molar-refractivity contribution is -0.945. The van der Waals surface area contributed by atoms with Gasteiger partial charge in [-0.1, -0.05) is 67.1 Å². The van der Waals surface area contributed by atoms with Gasteiger partial charge in [0.15, 0.2) is 11.5 Å². The zero-order valence-corrected chi connectivity index (χ0v) is 25.9. The quantitative estimate of drug-likeness (QED) is 0.101. The maximum Gasteiger partial charge on any atom is 0.573 e. The number of allylic oxidation sites excluding steroid dienone is 1. The summed E-state index contributed by atoms with van der Waals surface area (Å²) < 4.78 is 51.8. The number of carbonyl (C=O) groups excluding carboxylic acids is 1. The Balaban J connectivity index is 1.26. The van der Waals surface area contributed by atoms with Gasteiger partial charge in [-0.15, -0.1) is 13.2 Å². The minimum absolute atomic E-state index is 0.0843. The van der Waals surface area contributed by atoms with E-state index in [1.54, 1.807) is 18.2 Å². The van der Waals surface area contributed by atoms with Gasteiger partial charge in [0.05, 0.1) is 37.2 Å². The van der Waals surface area contributed by atoms with E-state index in [2.05, 4.69) is 29.2 Å². The highest BCUT2D eigenvalue weighted by atomic mass is 19.4. The molecule has 9 nitrogen and oxygen atoms in total. The first-order valence-corrected chi connectivity index (χ1v) is 16.1. The molecule has 2 N–H and O–H groups in total. The van der Waals surface area contributed by atoms with Crippen LogP contribution in [0.2, 0.25) is 0 Å². The van der Waals surface area contributed by atoms with E-state index in [0.717, 1.165) is 49.0 Å². The number of likely N-dealkylation sites (N-methyl/N-ethyl adjacent to an activating group) is 1. The number of aliphatic hydroxyl groups is 1. The summed E-state index contributed by atoms with van der Waals surface area (Å²) in [5.41, 5.74) is -0.796. The normalized spacial score (nSPS) is 34.3. The van der Waals surface area contributed by atoms with E-state index in [0.29, 0.717) is 30.4 Å². The van der Waals surface area contributed by atoms with E-state index in [-0.39, 0.29) is 29.3 Å². The van der Waals surface area contributed by atoms with Crippen molar-refractivity contribution >= 4 is 12.0 Å². The molecule has 2 aliphatic heterocycles. The van der Waals surface area contributed by atoms with Gasteiger partial charge in [0.2, 0.25) is 0 Å². The number of nitro groups is 1. The molecule has 2 heterocycles. The van der Waals surface area contributed by atoms with Crippen LogP contribution in [0.5, 0.6) is 0 Å². The summed E-state index contributed by atoms with van der Waals surface area (Å²) in [6.45, 7) is 1.68. The third-order valence-electron chi connectivity index (χ3n) is 11.2. The highest BCUT2D eigenvalue weighted by Crippen LogP contribution is 2.67. The lowest BCUT2D eigenvalue weighted by Gasteiger charge is -2.61. The van der Waals surface area contributed by atoms with Gasteiger partial charge >= 0.3 is 6.36 Å². The van der Waals surface area contributed by atoms with Crippen LogP contribution in [0.3, 0.4) is 0 Å². The zero-order valence-electron chi connectivity index (χ0n) is 25.9. The van der Waals surface area contributed by atoms with Crippen LogP contribution in [0.25, 0.3) is 6.08 Å². The number of alkyl halides is 3. The van der Waals surface area contributed by atoms with Crippen molar-refractivity contribution in [3.05, 3.63) is 111 Å². The summed E-state index contributed by atoms with van der Waals surface area (Å²) in [7, 11) is 2.24. The van der Waals surface area contributed by atoms with Crippen molar-refractivity contribution in [1.29, 1.82) is 0 Å². The Bertz CT molecular complexity index is 1680. The number of hydrogen-bond donors (Lipinski definition) is 2. The van der Waals surface area contributed by atoms with Crippen molar-refractivity contribution < 1.29 is 42.0 Å². The number of quaternary nitrogens is 1. The van der Waals surface area contributed by atoms with Gasteiger partial charge in [0.1, 0.15) is 6.10 Å². The van der Waals surface area contributed by atoms with E-state index >= 15 is 0 Å². The summed E-state index contributed by atoms with van der Waals surface area (Å²) in [4.78, 5) is 25.6. The molecule has 248 valence electrons. The Hall–Kier alpha value is -4.00. The number of amides is 1. The second-order valence-corrected chi connectivity index (χ2v) is 13.7. The van der Waals surface area contributed by atoms with Gasteiger partial charge in [-0.3, -0.25) is 14.9 Å². The molecule has 1 amide bonds. The van der Waals surface area contributed by atoms with Crippen LogP contribution >= 0.6 is 0 Å². The second-order valence-electron chi connectivity index (χ2n) is 13.7. The maximum atomic E-state index is 13.5. The Morgan fingerprint density at radius 3 is 2.55 bits per heavy atom. The molecule has 3 unspecified atom stereocenters.